The Balaban J connectivity index is 1.84. The molecule has 3 heterocycles. The summed E-state index contributed by atoms with van der Waals surface area (Å²) in [5, 5.41) is 0. The SMILES string of the molecule is C[C@@H]1N=C(c2ccc(F)cc2)c2cc3c(cc2-c2cn(C)c(=O)cc21)CS(=O)(=O)NC3. The summed E-state index contributed by atoms with van der Waals surface area (Å²) < 4.78 is 42.0. The zero-order valence-corrected chi connectivity index (χ0v) is 17.8. The Hall–Kier alpha value is -3.10. The molecule has 0 radical (unpaired) electrons. The van der Waals surface area contributed by atoms with Crippen molar-refractivity contribution in [3.63, 3.8) is 0 Å². The predicted molar refractivity (Wildman–Crippen MR) is 117 cm³/mol. The van der Waals surface area contributed by atoms with Crippen LogP contribution in [0.3, 0.4) is 0 Å². The number of halogens is 1. The maximum absolute atomic E-state index is 13.6. The van der Waals surface area contributed by atoms with E-state index in [0.717, 1.165) is 38.9 Å². The number of nitrogens with zero attached hydrogens (tertiary/aromatic N) is 2. The van der Waals surface area contributed by atoms with Gasteiger partial charge >= 0.3 is 0 Å². The van der Waals surface area contributed by atoms with Crippen molar-refractivity contribution in [1.82, 2.24) is 9.29 Å². The summed E-state index contributed by atoms with van der Waals surface area (Å²) in [6.45, 7) is 2.12. The van der Waals surface area contributed by atoms with Crippen LogP contribution in [0.1, 0.15) is 40.8 Å². The first-order valence-electron chi connectivity index (χ1n) is 9.90. The maximum Gasteiger partial charge on any atom is 0.250 e. The molecule has 2 aliphatic rings. The van der Waals surface area contributed by atoms with Gasteiger partial charge in [-0.3, -0.25) is 9.79 Å². The minimum Gasteiger partial charge on any atom is -0.318 e. The lowest BCUT2D eigenvalue weighted by molar-refractivity contribution is 0.575. The lowest BCUT2D eigenvalue weighted by Crippen LogP contribution is -2.30. The molecular formula is C23H20FN3O3S. The summed E-state index contributed by atoms with van der Waals surface area (Å²) in [5.41, 5.74) is 6.16. The van der Waals surface area contributed by atoms with E-state index in [1.807, 2.05) is 19.1 Å². The Kier molecular flexibility index (Phi) is 4.46. The first kappa shape index (κ1) is 19.8. The van der Waals surface area contributed by atoms with E-state index in [-0.39, 0.29) is 29.7 Å². The molecule has 0 saturated carbocycles. The molecule has 1 atom stereocenters. The molecule has 1 N–H and O–H groups in total. The number of nitrogens with one attached hydrogen (secondary N) is 1. The van der Waals surface area contributed by atoms with E-state index in [4.69, 9.17) is 4.99 Å². The van der Waals surface area contributed by atoms with Crippen LogP contribution in [0.15, 0.2) is 58.4 Å². The van der Waals surface area contributed by atoms with E-state index < -0.39 is 10.0 Å². The monoisotopic (exact) mass is 437 g/mol. The fraction of sp³-hybridized carbons (Fsp3) is 0.217. The van der Waals surface area contributed by atoms with Crippen LogP contribution < -0.4 is 10.3 Å². The molecule has 8 heteroatoms. The molecule has 1 aromatic heterocycles. The van der Waals surface area contributed by atoms with Crippen LogP contribution in [-0.4, -0.2) is 18.7 Å². The molecule has 31 heavy (non-hydrogen) atoms. The maximum atomic E-state index is 13.6. The van der Waals surface area contributed by atoms with Gasteiger partial charge in [-0.15, -0.1) is 0 Å². The van der Waals surface area contributed by atoms with Crippen LogP contribution in [-0.2, 0) is 29.4 Å². The second-order valence-corrected chi connectivity index (χ2v) is 9.81. The van der Waals surface area contributed by atoms with Crippen LogP contribution in [0.5, 0.6) is 0 Å². The molecule has 158 valence electrons. The summed E-state index contributed by atoms with van der Waals surface area (Å²) >= 11 is 0. The zero-order valence-electron chi connectivity index (χ0n) is 17.0. The largest absolute Gasteiger partial charge is 0.318 e. The fourth-order valence-electron chi connectivity index (χ4n) is 4.24. The van der Waals surface area contributed by atoms with E-state index in [0.29, 0.717) is 5.71 Å². The number of hydrogen-bond donors (Lipinski definition) is 1. The summed E-state index contributed by atoms with van der Waals surface area (Å²) in [5.74, 6) is -0.438. The quantitative estimate of drug-likeness (QED) is 0.636. The number of pyridine rings is 1. The Morgan fingerprint density at radius 1 is 1.06 bits per heavy atom. The predicted octanol–water partition coefficient (Wildman–Crippen LogP) is 3.04. The van der Waals surface area contributed by atoms with E-state index in [1.165, 1.54) is 16.7 Å². The number of aromatic nitrogens is 1. The molecule has 0 unspecified atom stereocenters. The molecule has 3 aromatic rings. The molecule has 0 saturated heterocycles. The zero-order chi connectivity index (χ0) is 21.9. The van der Waals surface area contributed by atoms with Gasteiger partial charge in [0.1, 0.15) is 5.82 Å². The van der Waals surface area contributed by atoms with Gasteiger partial charge in [-0.1, -0.05) is 0 Å². The molecule has 0 fully saturated rings. The smallest absolute Gasteiger partial charge is 0.250 e. The molecule has 0 amide bonds. The van der Waals surface area contributed by atoms with Gasteiger partial charge in [-0.25, -0.2) is 17.5 Å². The van der Waals surface area contributed by atoms with Crippen molar-refractivity contribution < 1.29 is 12.8 Å². The number of aliphatic imine (C=N–C) groups is 1. The highest BCUT2D eigenvalue weighted by molar-refractivity contribution is 7.88. The van der Waals surface area contributed by atoms with Crippen LogP contribution in [0.2, 0.25) is 0 Å². The summed E-state index contributed by atoms with van der Waals surface area (Å²) in [4.78, 5) is 17.3. The highest BCUT2D eigenvalue weighted by Crippen LogP contribution is 2.39. The number of rotatable bonds is 1. The average molecular weight is 437 g/mol. The molecule has 0 aliphatic carbocycles. The molecule has 2 aromatic carbocycles. The van der Waals surface area contributed by atoms with Crippen molar-refractivity contribution in [1.29, 1.82) is 0 Å². The van der Waals surface area contributed by atoms with Gasteiger partial charge in [0.25, 0.3) is 5.56 Å². The van der Waals surface area contributed by atoms with E-state index in [2.05, 4.69) is 4.72 Å². The molecule has 0 bridgehead atoms. The van der Waals surface area contributed by atoms with E-state index >= 15 is 0 Å². The first-order chi connectivity index (χ1) is 14.7. The van der Waals surface area contributed by atoms with Crippen LogP contribution in [0.25, 0.3) is 11.1 Å². The lowest BCUT2D eigenvalue weighted by Gasteiger charge is -2.21. The Morgan fingerprint density at radius 3 is 2.52 bits per heavy atom. The second kappa shape index (κ2) is 6.96. The van der Waals surface area contributed by atoms with Crippen molar-refractivity contribution >= 4 is 15.7 Å². The van der Waals surface area contributed by atoms with Gasteiger partial charge in [-0.2, -0.15) is 0 Å². The van der Waals surface area contributed by atoms with Gasteiger partial charge in [0, 0.05) is 42.5 Å². The molecule has 2 aliphatic heterocycles. The van der Waals surface area contributed by atoms with E-state index in [9.17, 15) is 17.6 Å². The van der Waals surface area contributed by atoms with Gasteiger partial charge in [0.15, 0.2) is 0 Å². The first-order valence-corrected chi connectivity index (χ1v) is 11.6. The third-order valence-corrected chi connectivity index (χ3v) is 7.14. The number of fused-ring (bicyclic) bond motifs is 4. The summed E-state index contributed by atoms with van der Waals surface area (Å²) in [7, 11) is -1.70. The number of hydrogen-bond acceptors (Lipinski definition) is 4. The minimum atomic E-state index is -3.38. The highest BCUT2D eigenvalue weighted by Gasteiger charge is 2.28. The van der Waals surface area contributed by atoms with Gasteiger partial charge in [-0.05, 0) is 65.6 Å². The summed E-state index contributed by atoms with van der Waals surface area (Å²) in [6.07, 6.45) is 1.78. The molecule has 6 nitrogen and oxygen atoms in total. The lowest BCUT2D eigenvalue weighted by atomic mass is 9.89. The fourth-order valence-corrected chi connectivity index (χ4v) is 5.39. The molecule has 5 rings (SSSR count). The standard InChI is InChI=1S/C23H20FN3O3S/c1-13-18-9-22(28)27(2)11-21(18)19-8-16-12-31(29,30)25-10-15(16)7-20(19)23(26-13)14-3-5-17(24)6-4-14/h3-9,11,13,25H,10,12H2,1-2H3/t13-/m0/s1. The highest BCUT2D eigenvalue weighted by atomic mass is 32.2. The third-order valence-electron chi connectivity index (χ3n) is 5.86. The van der Waals surface area contributed by atoms with E-state index in [1.54, 1.807) is 31.4 Å². The number of benzene rings is 2. The second-order valence-electron chi connectivity index (χ2n) is 8.00. The van der Waals surface area contributed by atoms with Crippen LogP contribution >= 0.6 is 0 Å². The summed E-state index contributed by atoms with van der Waals surface area (Å²) in [6, 6.07) is 11.3. The third kappa shape index (κ3) is 3.41. The Labute approximate surface area is 179 Å². The average Bonchev–Trinajstić information content (AvgIpc) is 2.82. The van der Waals surface area contributed by atoms with Crippen LogP contribution in [0, 0.1) is 5.82 Å². The van der Waals surface area contributed by atoms with Gasteiger partial charge in [0.2, 0.25) is 10.0 Å². The van der Waals surface area contributed by atoms with Crippen molar-refractivity contribution in [2.24, 2.45) is 12.0 Å². The van der Waals surface area contributed by atoms with Gasteiger partial charge < -0.3 is 4.57 Å². The van der Waals surface area contributed by atoms with Gasteiger partial charge in [0.05, 0.1) is 17.5 Å². The normalized spacial score (nSPS) is 18.9. The van der Waals surface area contributed by atoms with Crippen molar-refractivity contribution in [3.05, 3.63) is 92.6 Å². The molecular weight excluding hydrogens is 417 g/mol. The number of aryl methyl sites for hydroxylation is 1. The minimum absolute atomic E-state index is 0.102. The Morgan fingerprint density at radius 2 is 1.77 bits per heavy atom. The van der Waals surface area contributed by atoms with Crippen molar-refractivity contribution in [3.8, 4) is 11.1 Å². The van der Waals surface area contributed by atoms with Crippen molar-refractivity contribution in [2.75, 3.05) is 0 Å². The Bertz CT molecular complexity index is 1420. The van der Waals surface area contributed by atoms with Crippen LogP contribution in [0.4, 0.5) is 4.39 Å². The van der Waals surface area contributed by atoms with Crippen molar-refractivity contribution in [2.45, 2.75) is 25.3 Å². The topological polar surface area (TPSA) is 80.5 Å². The number of sulfonamides is 1. The molecule has 0 spiro atoms.